The first-order valence-electron chi connectivity index (χ1n) is 3.68. The zero-order chi connectivity index (χ0) is 8.48. The van der Waals surface area contributed by atoms with Gasteiger partial charge in [0, 0.05) is 17.8 Å². The first kappa shape index (κ1) is 8.27. The number of aliphatic hydroxyl groups excluding tert-OH is 1. The molecule has 0 aliphatic heterocycles. The molecule has 62 valence electrons. The molecule has 0 fully saturated rings. The molecule has 0 aromatic carbocycles. The van der Waals surface area contributed by atoms with Gasteiger partial charge >= 0.3 is 0 Å². The second kappa shape index (κ2) is 2.66. The molecule has 0 saturated heterocycles. The van der Waals surface area contributed by atoms with Crippen LogP contribution in [0, 0.1) is 0 Å². The molecule has 3 nitrogen and oxygen atoms in total. The quantitative estimate of drug-likeness (QED) is 0.658. The Balaban J connectivity index is 3.02. The zero-order valence-electron chi connectivity index (χ0n) is 7.20. The van der Waals surface area contributed by atoms with E-state index in [1.165, 1.54) is 0 Å². The van der Waals surface area contributed by atoms with Crippen LogP contribution in [-0.4, -0.2) is 14.7 Å². The van der Waals surface area contributed by atoms with Crippen molar-refractivity contribution in [3.05, 3.63) is 18.2 Å². The maximum absolute atomic E-state index is 8.89. The Labute approximate surface area is 66.7 Å². The molecule has 3 heteroatoms. The Bertz CT molecular complexity index is 234. The van der Waals surface area contributed by atoms with Gasteiger partial charge in [0.2, 0.25) is 0 Å². The second-order valence-corrected chi connectivity index (χ2v) is 3.61. The Morgan fingerprint density at radius 2 is 2.18 bits per heavy atom. The summed E-state index contributed by atoms with van der Waals surface area (Å²) in [5.41, 5.74) is 0.00618. The zero-order valence-corrected chi connectivity index (χ0v) is 7.20. The summed E-state index contributed by atoms with van der Waals surface area (Å²) in [5.74, 6) is 0.917. The van der Waals surface area contributed by atoms with Crippen LogP contribution in [0.3, 0.4) is 0 Å². The lowest BCUT2D eigenvalue weighted by molar-refractivity contribution is 0.201. The van der Waals surface area contributed by atoms with Gasteiger partial charge in [0.1, 0.15) is 12.6 Å². The molecule has 1 aromatic heterocycles. The van der Waals surface area contributed by atoms with Gasteiger partial charge in [0.25, 0.3) is 0 Å². The maximum Gasteiger partial charge on any atom is 0.120 e. The van der Waals surface area contributed by atoms with Crippen LogP contribution in [-0.2, 0) is 12.1 Å². The summed E-state index contributed by atoms with van der Waals surface area (Å²) in [6, 6.07) is 0. The van der Waals surface area contributed by atoms with Crippen molar-refractivity contribution in [3.8, 4) is 0 Å². The molecule has 0 saturated carbocycles. The molecule has 11 heavy (non-hydrogen) atoms. The van der Waals surface area contributed by atoms with E-state index < -0.39 is 0 Å². The second-order valence-electron chi connectivity index (χ2n) is 3.61. The molecule has 1 N–H and O–H groups in total. The molecule has 0 unspecified atom stereocenters. The standard InChI is InChI=1S/C8H14N2O/c1-8(2,3)7-9-4-5-10(7)6-11/h4-5,11H,6H2,1-3H3. The summed E-state index contributed by atoms with van der Waals surface area (Å²) in [4.78, 5) is 4.16. The van der Waals surface area contributed by atoms with Crippen molar-refractivity contribution in [1.29, 1.82) is 0 Å². The first-order valence-corrected chi connectivity index (χ1v) is 3.68. The van der Waals surface area contributed by atoms with Gasteiger partial charge in [0.05, 0.1) is 0 Å². The van der Waals surface area contributed by atoms with E-state index in [4.69, 9.17) is 5.11 Å². The van der Waals surface area contributed by atoms with Crippen LogP contribution in [0.1, 0.15) is 26.6 Å². The van der Waals surface area contributed by atoms with E-state index in [1.807, 2.05) is 0 Å². The Morgan fingerprint density at radius 3 is 2.55 bits per heavy atom. The van der Waals surface area contributed by atoms with E-state index in [1.54, 1.807) is 17.0 Å². The minimum Gasteiger partial charge on any atom is -0.376 e. The molecule has 0 spiro atoms. The van der Waals surface area contributed by atoms with Crippen LogP contribution in [0.15, 0.2) is 12.4 Å². The fourth-order valence-corrected chi connectivity index (χ4v) is 1.07. The van der Waals surface area contributed by atoms with Crippen LogP contribution >= 0.6 is 0 Å². The van der Waals surface area contributed by atoms with E-state index in [-0.39, 0.29) is 12.1 Å². The van der Waals surface area contributed by atoms with Crippen LogP contribution < -0.4 is 0 Å². The average Bonchev–Trinajstić information content (AvgIpc) is 2.31. The van der Waals surface area contributed by atoms with Gasteiger partial charge in [-0.2, -0.15) is 0 Å². The minimum absolute atomic E-state index is 0.00618. The smallest absolute Gasteiger partial charge is 0.120 e. The summed E-state index contributed by atoms with van der Waals surface area (Å²) in [6.45, 7) is 6.22. The summed E-state index contributed by atoms with van der Waals surface area (Å²) >= 11 is 0. The summed E-state index contributed by atoms with van der Waals surface area (Å²) in [7, 11) is 0. The Hall–Kier alpha value is -0.830. The number of nitrogens with zero attached hydrogens (tertiary/aromatic N) is 2. The molecule has 0 bridgehead atoms. The van der Waals surface area contributed by atoms with Gasteiger partial charge in [-0.25, -0.2) is 4.98 Å². The number of aromatic nitrogens is 2. The van der Waals surface area contributed by atoms with Gasteiger partial charge in [-0.3, -0.25) is 0 Å². The van der Waals surface area contributed by atoms with Crippen LogP contribution in [0.5, 0.6) is 0 Å². The summed E-state index contributed by atoms with van der Waals surface area (Å²) in [6.07, 6.45) is 3.48. The first-order chi connectivity index (χ1) is 5.05. The lowest BCUT2D eigenvalue weighted by atomic mass is 9.96. The van der Waals surface area contributed by atoms with Gasteiger partial charge in [0.15, 0.2) is 0 Å². The fourth-order valence-electron chi connectivity index (χ4n) is 1.07. The Morgan fingerprint density at radius 1 is 1.55 bits per heavy atom. The van der Waals surface area contributed by atoms with Crippen molar-refractivity contribution < 1.29 is 5.11 Å². The predicted molar refractivity (Wildman–Crippen MR) is 43.1 cm³/mol. The highest BCUT2D eigenvalue weighted by Gasteiger charge is 2.18. The van der Waals surface area contributed by atoms with Crippen molar-refractivity contribution in [1.82, 2.24) is 9.55 Å². The number of imidazole rings is 1. The highest BCUT2D eigenvalue weighted by atomic mass is 16.3. The van der Waals surface area contributed by atoms with E-state index in [0.29, 0.717) is 0 Å². The van der Waals surface area contributed by atoms with Crippen molar-refractivity contribution >= 4 is 0 Å². The van der Waals surface area contributed by atoms with E-state index in [0.717, 1.165) is 5.82 Å². The number of aliphatic hydroxyl groups is 1. The molecule has 0 aliphatic rings. The largest absolute Gasteiger partial charge is 0.376 e. The average molecular weight is 154 g/mol. The van der Waals surface area contributed by atoms with Gasteiger partial charge in [-0.05, 0) is 0 Å². The SMILES string of the molecule is CC(C)(C)c1nccn1CO. The normalized spacial score (nSPS) is 12.0. The third kappa shape index (κ3) is 1.60. The number of rotatable bonds is 1. The van der Waals surface area contributed by atoms with Crippen molar-refractivity contribution in [2.75, 3.05) is 0 Å². The highest BCUT2D eigenvalue weighted by Crippen LogP contribution is 2.19. The minimum atomic E-state index is 0.00618. The van der Waals surface area contributed by atoms with Gasteiger partial charge in [-0.1, -0.05) is 20.8 Å². The third-order valence-corrected chi connectivity index (χ3v) is 1.54. The lowest BCUT2D eigenvalue weighted by Gasteiger charge is -2.18. The lowest BCUT2D eigenvalue weighted by Crippen LogP contribution is -2.18. The number of hydrogen-bond acceptors (Lipinski definition) is 2. The van der Waals surface area contributed by atoms with Crippen LogP contribution in [0.2, 0.25) is 0 Å². The van der Waals surface area contributed by atoms with E-state index in [2.05, 4.69) is 25.8 Å². The maximum atomic E-state index is 8.89. The molecule has 0 atom stereocenters. The molecular weight excluding hydrogens is 140 g/mol. The molecule has 1 aromatic rings. The molecule has 1 heterocycles. The van der Waals surface area contributed by atoms with Crippen molar-refractivity contribution in [2.45, 2.75) is 32.9 Å². The van der Waals surface area contributed by atoms with Crippen LogP contribution in [0.25, 0.3) is 0 Å². The topological polar surface area (TPSA) is 38.0 Å². The van der Waals surface area contributed by atoms with Crippen molar-refractivity contribution in [2.24, 2.45) is 0 Å². The number of hydrogen-bond donors (Lipinski definition) is 1. The van der Waals surface area contributed by atoms with E-state index >= 15 is 0 Å². The molecule has 0 aliphatic carbocycles. The summed E-state index contributed by atoms with van der Waals surface area (Å²) in [5, 5.41) is 8.89. The molecule has 0 radical (unpaired) electrons. The monoisotopic (exact) mass is 154 g/mol. The van der Waals surface area contributed by atoms with Crippen molar-refractivity contribution in [3.63, 3.8) is 0 Å². The fraction of sp³-hybridized carbons (Fsp3) is 0.625. The van der Waals surface area contributed by atoms with E-state index in [9.17, 15) is 0 Å². The molecule has 1 rings (SSSR count). The third-order valence-electron chi connectivity index (χ3n) is 1.54. The van der Waals surface area contributed by atoms with Crippen LogP contribution in [0.4, 0.5) is 0 Å². The van der Waals surface area contributed by atoms with Gasteiger partial charge in [-0.15, -0.1) is 0 Å². The summed E-state index contributed by atoms with van der Waals surface area (Å²) < 4.78 is 1.74. The molecular formula is C8H14N2O. The Kier molecular flexibility index (Phi) is 2.00. The predicted octanol–water partition coefficient (Wildman–Crippen LogP) is 1.13. The van der Waals surface area contributed by atoms with Gasteiger partial charge < -0.3 is 9.67 Å². The molecule has 0 amide bonds. The highest BCUT2D eigenvalue weighted by molar-refractivity contribution is 5.04.